The molecule has 2 aromatic carbocycles. The molecule has 3 rings (SSSR count). The summed E-state index contributed by atoms with van der Waals surface area (Å²) in [6, 6.07) is 12.4. The topological polar surface area (TPSA) is 48.0 Å². The van der Waals surface area contributed by atoms with Gasteiger partial charge in [0.25, 0.3) is 0 Å². The molecule has 0 saturated heterocycles. The highest BCUT2D eigenvalue weighted by Crippen LogP contribution is 2.28. The average Bonchev–Trinajstić information content (AvgIpc) is 2.91. The zero-order valence-corrected chi connectivity index (χ0v) is 11.7. The van der Waals surface area contributed by atoms with Gasteiger partial charge in [-0.05, 0) is 54.6 Å². The second kappa shape index (κ2) is 4.93. The summed E-state index contributed by atoms with van der Waals surface area (Å²) in [5.41, 5.74) is 5.14. The maximum Gasteiger partial charge on any atom is 0.123 e. The predicted molar refractivity (Wildman–Crippen MR) is 83.2 cm³/mol. The van der Waals surface area contributed by atoms with Crippen LogP contribution < -0.4 is 5.32 Å². The molecular formula is C17H18N2O. The Labute approximate surface area is 118 Å². The molecule has 0 aliphatic carbocycles. The Hall–Kier alpha value is -2.42. The highest BCUT2D eigenvalue weighted by molar-refractivity contribution is 5.80. The van der Waals surface area contributed by atoms with Crippen LogP contribution >= 0.6 is 0 Å². The Balaban J connectivity index is 1.80. The first-order valence-electron chi connectivity index (χ1n) is 6.74. The summed E-state index contributed by atoms with van der Waals surface area (Å²) in [5, 5.41) is 14.6. The molecule has 0 amide bonds. The molecule has 102 valence electrons. The first kappa shape index (κ1) is 12.6. The van der Waals surface area contributed by atoms with Crippen LogP contribution in [0.2, 0.25) is 0 Å². The van der Waals surface area contributed by atoms with E-state index in [1.165, 1.54) is 10.9 Å². The van der Waals surface area contributed by atoms with Crippen LogP contribution in [-0.4, -0.2) is 10.1 Å². The van der Waals surface area contributed by atoms with Gasteiger partial charge in [-0.2, -0.15) is 0 Å². The summed E-state index contributed by atoms with van der Waals surface area (Å²) in [6.07, 6.45) is 1.95. The number of nitrogens with one attached hydrogen (secondary N) is 2. The second-order valence-corrected chi connectivity index (χ2v) is 5.16. The molecular weight excluding hydrogens is 248 g/mol. The SMILES string of the molecule is Cc1ccc(NCc2ccc3[nH]ccc3c2)c(C)c1O. The number of aromatic nitrogens is 1. The predicted octanol–water partition coefficient (Wildman–Crippen LogP) is 4.10. The van der Waals surface area contributed by atoms with Crippen LogP contribution in [0.4, 0.5) is 5.69 Å². The molecule has 0 atom stereocenters. The maximum absolute atomic E-state index is 9.95. The molecule has 0 saturated carbocycles. The molecule has 0 aliphatic heterocycles. The van der Waals surface area contributed by atoms with Crippen molar-refractivity contribution < 1.29 is 5.11 Å². The van der Waals surface area contributed by atoms with Crippen LogP contribution in [0.25, 0.3) is 10.9 Å². The van der Waals surface area contributed by atoms with Crippen LogP contribution in [0.3, 0.4) is 0 Å². The van der Waals surface area contributed by atoms with Gasteiger partial charge in [0, 0.05) is 29.5 Å². The van der Waals surface area contributed by atoms with Gasteiger partial charge < -0.3 is 15.4 Å². The summed E-state index contributed by atoms with van der Waals surface area (Å²) < 4.78 is 0. The molecule has 3 N–H and O–H groups in total. The number of anilines is 1. The van der Waals surface area contributed by atoms with Crippen LogP contribution in [0, 0.1) is 13.8 Å². The van der Waals surface area contributed by atoms with E-state index in [9.17, 15) is 5.11 Å². The van der Waals surface area contributed by atoms with E-state index < -0.39 is 0 Å². The van der Waals surface area contributed by atoms with Gasteiger partial charge in [-0.1, -0.05) is 12.1 Å². The Morgan fingerprint density at radius 3 is 2.80 bits per heavy atom. The molecule has 20 heavy (non-hydrogen) atoms. The van der Waals surface area contributed by atoms with Crippen molar-refractivity contribution in [3.8, 4) is 5.75 Å². The Morgan fingerprint density at radius 1 is 1.10 bits per heavy atom. The number of aromatic hydroxyl groups is 1. The van der Waals surface area contributed by atoms with Gasteiger partial charge in [0.2, 0.25) is 0 Å². The van der Waals surface area contributed by atoms with Gasteiger partial charge in [0.1, 0.15) is 5.75 Å². The van der Waals surface area contributed by atoms with Crippen molar-refractivity contribution in [1.82, 2.24) is 4.98 Å². The number of hydrogen-bond donors (Lipinski definition) is 3. The van der Waals surface area contributed by atoms with Gasteiger partial charge in [-0.25, -0.2) is 0 Å². The lowest BCUT2D eigenvalue weighted by atomic mass is 10.1. The molecule has 1 aromatic heterocycles. The fourth-order valence-corrected chi connectivity index (χ4v) is 2.44. The molecule has 0 bridgehead atoms. The van der Waals surface area contributed by atoms with Crippen molar-refractivity contribution in [3.05, 3.63) is 59.3 Å². The van der Waals surface area contributed by atoms with Crippen LogP contribution in [0.15, 0.2) is 42.6 Å². The van der Waals surface area contributed by atoms with E-state index in [1.807, 2.05) is 32.2 Å². The Bertz CT molecular complexity index is 759. The summed E-state index contributed by atoms with van der Waals surface area (Å²) in [6.45, 7) is 4.58. The number of hydrogen-bond acceptors (Lipinski definition) is 2. The van der Waals surface area contributed by atoms with Crippen LogP contribution in [0.5, 0.6) is 5.75 Å². The van der Waals surface area contributed by atoms with Crippen molar-refractivity contribution in [1.29, 1.82) is 0 Å². The molecule has 0 fully saturated rings. The first-order chi connectivity index (χ1) is 9.65. The zero-order valence-electron chi connectivity index (χ0n) is 11.7. The van der Waals surface area contributed by atoms with Gasteiger partial charge in [-0.15, -0.1) is 0 Å². The minimum Gasteiger partial charge on any atom is -0.507 e. The number of phenolic OH excluding ortho intramolecular Hbond substituents is 1. The van der Waals surface area contributed by atoms with Crippen molar-refractivity contribution in [3.63, 3.8) is 0 Å². The Morgan fingerprint density at radius 2 is 1.95 bits per heavy atom. The number of H-pyrrole nitrogens is 1. The fourth-order valence-electron chi connectivity index (χ4n) is 2.44. The summed E-state index contributed by atoms with van der Waals surface area (Å²) in [7, 11) is 0. The lowest BCUT2D eigenvalue weighted by Crippen LogP contribution is -2.01. The maximum atomic E-state index is 9.95. The minimum absolute atomic E-state index is 0.371. The van der Waals surface area contributed by atoms with E-state index in [2.05, 4.69) is 34.6 Å². The lowest BCUT2D eigenvalue weighted by Gasteiger charge is -2.12. The molecule has 0 spiro atoms. The number of aromatic amines is 1. The number of rotatable bonds is 3. The average molecular weight is 266 g/mol. The molecule has 3 nitrogen and oxygen atoms in total. The third kappa shape index (κ3) is 2.23. The zero-order chi connectivity index (χ0) is 14.1. The highest BCUT2D eigenvalue weighted by Gasteiger charge is 2.06. The quantitative estimate of drug-likeness (QED) is 0.668. The molecule has 0 radical (unpaired) electrons. The van der Waals surface area contributed by atoms with E-state index in [1.54, 1.807) is 0 Å². The summed E-state index contributed by atoms with van der Waals surface area (Å²) >= 11 is 0. The monoisotopic (exact) mass is 266 g/mol. The van der Waals surface area contributed by atoms with Crippen LogP contribution in [-0.2, 0) is 6.54 Å². The molecule has 0 aliphatic rings. The lowest BCUT2D eigenvalue weighted by molar-refractivity contribution is 0.467. The number of phenols is 1. The fraction of sp³-hybridized carbons (Fsp3) is 0.176. The van der Waals surface area contributed by atoms with Gasteiger partial charge in [-0.3, -0.25) is 0 Å². The van der Waals surface area contributed by atoms with E-state index in [0.29, 0.717) is 5.75 Å². The second-order valence-electron chi connectivity index (χ2n) is 5.16. The molecule has 0 unspecified atom stereocenters. The largest absolute Gasteiger partial charge is 0.507 e. The first-order valence-corrected chi connectivity index (χ1v) is 6.74. The molecule has 3 aromatic rings. The van der Waals surface area contributed by atoms with E-state index in [4.69, 9.17) is 0 Å². The van der Waals surface area contributed by atoms with Crippen LogP contribution in [0.1, 0.15) is 16.7 Å². The third-order valence-corrected chi connectivity index (χ3v) is 3.73. The van der Waals surface area contributed by atoms with Crippen molar-refractivity contribution in [2.45, 2.75) is 20.4 Å². The van der Waals surface area contributed by atoms with E-state index in [-0.39, 0.29) is 0 Å². The van der Waals surface area contributed by atoms with Crippen molar-refractivity contribution in [2.24, 2.45) is 0 Å². The van der Waals surface area contributed by atoms with E-state index >= 15 is 0 Å². The van der Waals surface area contributed by atoms with E-state index in [0.717, 1.165) is 28.9 Å². The Kier molecular flexibility index (Phi) is 3.11. The normalized spacial score (nSPS) is 10.9. The molecule has 3 heteroatoms. The van der Waals surface area contributed by atoms with Gasteiger partial charge in [0.05, 0.1) is 0 Å². The van der Waals surface area contributed by atoms with Crippen molar-refractivity contribution in [2.75, 3.05) is 5.32 Å². The minimum atomic E-state index is 0.371. The smallest absolute Gasteiger partial charge is 0.123 e. The third-order valence-electron chi connectivity index (χ3n) is 3.73. The molecule has 1 heterocycles. The number of fused-ring (bicyclic) bond motifs is 1. The number of aryl methyl sites for hydroxylation is 1. The number of benzene rings is 2. The summed E-state index contributed by atoms with van der Waals surface area (Å²) in [4.78, 5) is 3.19. The standard InChI is InChI=1S/C17H18N2O/c1-11-3-5-15(12(2)17(11)20)19-10-13-4-6-16-14(9-13)7-8-18-16/h3-9,18-20H,10H2,1-2H3. The summed E-state index contributed by atoms with van der Waals surface area (Å²) in [5.74, 6) is 0.371. The highest BCUT2D eigenvalue weighted by atomic mass is 16.3. The van der Waals surface area contributed by atoms with Crippen molar-refractivity contribution >= 4 is 16.6 Å². The van der Waals surface area contributed by atoms with Gasteiger partial charge >= 0.3 is 0 Å². The van der Waals surface area contributed by atoms with Gasteiger partial charge in [0.15, 0.2) is 0 Å².